The maximum Gasteiger partial charge on any atom is 0.257 e. The van der Waals surface area contributed by atoms with Gasteiger partial charge in [-0.1, -0.05) is 11.6 Å². The topological polar surface area (TPSA) is 80.3 Å². The number of rotatable bonds is 3. The molecule has 1 amide bonds. The molecule has 1 aliphatic heterocycles. The molecule has 0 bridgehead atoms. The van der Waals surface area contributed by atoms with Gasteiger partial charge in [0.25, 0.3) is 5.91 Å². The highest BCUT2D eigenvalue weighted by Crippen LogP contribution is 2.25. The summed E-state index contributed by atoms with van der Waals surface area (Å²) in [5.41, 5.74) is 1.59. The van der Waals surface area contributed by atoms with E-state index in [9.17, 15) is 4.79 Å². The van der Waals surface area contributed by atoms with E-state index < -0.39 is 0 Å². The Hall–Kier alpha value is -2.41. The van der Waals surface area contributed by atoms with Crippen LogP contribution in [-0.4, -0.2) is 52.8 Å². The van der Waals surface area contributed by atoms with E-state index in [1.54, 1.807) is 12.0 Å². The first-order valence-electron chi connectivity index (χ1n) is 7.10. The molecule has 2 heterocycles. The van der Waals surface area contributed by atoms with E-state index in [1.165, 1.54) is 6.33 Å². The number of nitrogens with one attached hydrogen (secondary N) is 1. The highest BCUT2D eigenvalue weighted by atomic mass is 16.5. The number of hydrogen-bond acceptors (Lipinski definition) is 5. The van der Waals surface area contributed by atoms with Gasteiger partial charge in [0, 0.05) is 6.54 Å². The molecule has 1 aliphatic rings. The van der Waals surface area contributed by atoms with Crippen molar-refractivity contribution in [2.24, 2.45) is 0 Å². The van der Waals surface area contributed by atoms with E-state index in [1.807, 2.05) is 25.1 Å². The Morgan fingerprint density at radius 2 is 2.36 bits per heavy atom. The molecule has 0 aliphatic carbocycles. The molecule has 1 N–H and O–H groups in total. The number of ether oxygens (including phenoxy) is 2. The summed E-state index contributed by atoms with van der Waals surface area (Å²) in [7, 11) is 1.57. The number of carbonyl (C=O) groups excluding carboxylic acids is 1. The summed E-state index contributed by atoms with van der Waals surface area (Å²) < 4.78 is 11.0. The molecule has 2 aromatic rings. The lowest BCUT2D eigenvalue weighted by Crippen LogP contribution is -2.42. The minimum Gasteiger partial charge on any atom is -0.496 e. The molecule has 0 spiro atoms. The van der Waals surface area contributed by atoms with Crippen LogP contribution in [0.4, 0.5) is 0 Å². The minimum absolute atomic E-state index is 0.0617. The fraction of sp³-hybridized carbons (Fsp3) is 0.400. The smallest absolute Gasteiger partial charge is 0.257 e. The van der Waals surface area contributed by atoms with Crippen LogP contribution in [0.5, 0.6) is 5.75 Å². The van der Waals surface area contributed by atoms with Crippen molar-refractivity contribution in [1.82, 2.24) is 20.1 Å². The summed E-state index contributed by atoms with van der Waals surface area (Å²) in [6, 6.07) is 5.59. The number of aromatic nitrogens is 3. The van der Waals surface area contributed by atoms with E-state index in [-0.39, 0.29) is 12.0 Å². The predicted molar refractivity (Wildman–Crippen MR) is 78.7 cm³/mol. The van der Waals surface area contributed by atoms with Crippen molar-refractivity contribution < 1.29 is 14.3 Å². The van der Waals surface area contributed by atoms with Crippen LogP contribution in [0, 0.1) is 6.92 Å². The third-order valence-corrected chi connectivity index (χ3v) is 3.68. The molecule has 1 saturated heterocycles. The highest BCUT2D eigenvalue weighted by Gasteiger charge is 2.29. The van der Waals surface area contributed by atoms with Gasteiger partial charge in [0.15, 0.2) is 5.82 Å². The summed E-state index contributed by atoms with van der Waals surface area (Å²) in [5, 5.41) is 6.61. The zero-order valence-corrected chi connectivity index (χ0v) is 12.6. The Balaban J connectivity index is 1.81. The van der Waals surface area contributed by atoms with E-state index in [4.69, 9.17) is 9.47 Å². The molecule has 22 heavy (non-hydrogen) atoms. The fourth-order valence-corrected chi connectivity index (χ4v) is 2.53. The molecule has 1 aromatic heterocycles. The third kappa shape index (κ3) is 2.80. The number of methoxy groups -OCH3 is 1. The zero-order valence-electron chi connectivity index (χ0n) is 12.6. The van der Waals surface area contributed by atoms with Crippen LogP contribution < -0.4 is 4.74 Å². The molecule has 3 rings (SSSR count). The number of aromatic amines is 1. The van der Waals surface area contributed by atoms with Crippen molar-refractivity contribution in [2.75, 3.05) is 26.8 Å². The molecule has 1 fully saturated rings. The van der Waals surface area contributed by atoms with Crippen LogP contribution in [0.1, 0.15) is 27.8 Å². The molecule has 0 radical (unpaired) electrons. The average Bonchev–Trinajstić information content (AvgIpc) is 3.09. The zero-order chi connectivity index (χ0) is 15.5. The van der Waals surface area contributed by atoms with Crippen LogP contribution in [0.2, 0.25) is 0 Å². The summed E-state index contributed by atoms with van der Waals surface area (Å²) in [6.45, 7) is 3.39. The lowest BCUT2D eigenvalue weighted by Gasteiger charge is -2.32. The van der Waals surface area contributed by atoms with Crippen molar-refractivity contribution in [1.29, 1.82) is 0 Å². The van der Waals surface area contributed by atoms with Crippen molar-refractivity contribution in [2.45, 2.75) is 13.0 Å². The quantitative estimate of drug-likeness (QED) is 0.925. The van der Waals surface area contributed by atoms with Crippen LogP contribution >= 0.6 is 0 Å². The van der Waals surface area contributed by atoms with E-state index in [2.05, 4.69) is 15.2 Å². The first kappa shape index (κ1) is 14.5. The lowest BCUT2D eigenvalue weighted by atomic mass is 10.1. The maximum atomic E-state index is 12.8. The average molecular weight is 302 g/mol. The van der Waals surface area contributed by atoms with Gasteiger partial charge < -0.3 is 14.4 Å². The largest absolute Gasteiger partial charge is 0.496 e. The molecule has 116 valence electrons. The summed E-state index contributed by atoms with van der Waals surface area (Å²) in [6.07, 6.45) is 1.15. The van der Waals surface area contributed by atoms with Crippen molar-refractivity contribution in [3.8, 4) is 5.75 Å². The number of aryl methyl sites for hydroxylation is 1. The molecule has 7 heteroatoms. The molecular formula is C15H18N4O3. The van der Waals surface area contributed by atoms with Gasteiger partial charge in [-0.2, -0.15) is 5.10 Å². The lowest BCUT2D eigenvalue weighted by molar-refractivity contribution is -0.0267. The predicted octanol–water partition coefficient (Wildman–Crippen LogP) is 1.34. The highest BCUT2D eigenvalue weighted by molar-refractivity contribution is 5.97. The number of morpholine rings is 1. The van der Waals surface area contributed by atoms with Crippen LogP contribution in [0.25, 0.3) is 0 Å². The second-order valence-electron chi connectivity index (χ2n) is 5.19. The monoisotopic (exact) mass is 302 g/mol. The van der Waals surface area contributed by atoms with Gasteiger partial charge >= 0.3 is 0 Å². The number of benzene rings is 1. The molecule has 7 nitrogen and oxygen atoms in total. The minimum atomic E-state index is -0.281. The Bertz CT molecular complexity index is 657. The molecule has 1 unspecified atom stereocenters. The normalized spacial score (nSPS) is 18.3. The van der Waals surface area contributed by atoms with Crippen molar-refractivity contribution in [3.63, 3.8) is 0 Å². The first-order chi connectivity index (χ1) is 10.7. The van der Waals surface area contributed by atoms with Gasteiger partial charge in [0.1, 0.15) is 18.2 Å². The van der Waals surface area contributed by atoms with Gasteiger partial charge in [0.2, 0.25) is 0 Å². The van der Waals surface area contributed by atoms with Gasteiger partial charge in [-0.25, -0.2) is 4.98 Å². The Morgan fingerprint density at radius 3 is 3.09 bits per heavy atom. The SMILES string of the molecule is COc1ccc(C)cc1C(=O)N1CCOC(c2ncn[nH]2)C1. The van der Waals surface area contributed by atoms with Gasteiger partial charge in [-0.05, 0) is 19.1 Å². The Kier molecular flexibility index (Phi) is 4.06. The number of amides is 1. The Labute approximate surface area is 128 Å². The number of hydrogen-bond donors (Lipinski definition) is 1. The van der Waals surface area contributed by atoms with Crippen LogP contribution in [0.15, 0.2) is 24.5 Å². The number of carbonyl (C=O) groups is 1. The van der Waals surface area contributed by atoms with E-state index in [0.29, 0.717) is 36.8 Å². The van der Waals surface area contributed by atoms with Gasteiger partial charge in [-0.15, -0.1) is 0 Å². The van der Waals surface area contributed by atoms with Crippen LogP contribution in [-0.2, 0) is 4.74 Å². The third-order valence-electron chi connectivity index (χ3n) is 3.68. The second-order valence-corrected chi connectivity index (χ2v) is 5.19. The summed E-state index contributed by atoms with van der Waals surface area (Å²) in [4.78, 5) is 18.6. The standard InChI is InChI=1S/C15H18N4O3/c1-10-3-4-12(21-2)11(7-10)15(20)19-5-6-22-13(8-19)14-16-9-17-18-14/h3-4,7,9,13H,5-6,8H2,1-2H3,(H,16,17,18). The summed E-state index contributed by atoms with van der Waals surface area (Å²) >= 11 is 0. The van der Waals surface area contributed by atoms with Crippen LogP contribution in [0.3, 0.4) is 0 Å². The van der Waals surface area contributed by atoms with Crippen molar-refractivity contribution in [3.05, 3.63) is 41.5 Å². The molecular weight excluding hydrogens is 284 g/mol. The van der Waals surface area contributed by atoms with Gasteiger partial charge in [0.05, 0.1) is 25.8 Å². The fourth-order valence-electron chi connectivity index (χ4n) is 2.53. The number of nitrogens with zero attached hydrogens (tertiary/aromatic N) is 3. The summed E-state index contributed by atoms with van der Waals surface area (Å²) in [5.74, 6) is 1.15. The van der Waals surface area contributed by atoms with Gasteiger partial charge in [-0.3, -0.25) is 9.89 Å². The molecule has 1 atom stereocenters. The second kappa shape index (κ2) is 6.15. The molecule has 1 aromatic carbocycles. The number of H-pyrrole nitrogens is 1. The van der Waals surface area contributed by atoms with E-state index >= 15 is 0 Å². The maximum absolute atomic E-state index is 12.8. The first-order valence-corrected chi connectivity index (χ1v) is 7.10. The van der Waals surface area contributed by atoms with E-state index in [0.717, 1.165) is 5.56 Å². The Morgan fingerprint density at radius 1 is 1.50 bits per heavy atom. The molecule has 0 saturated carbocycles. The van der Waals surface area contributed by atoms with Crippen molar-refractivity contribution >= 4 is 5.91 Å².